The van der Waals surface area contributed by atoms with Gasteiger partial charge in [0.2, 0.25) is 0 Å². The molecule has 0 radical (unpaired) electrons. The molecule has 1 aromatic carbocycles. The number of halogens is 1. The summed E-state index contributed by atoms with van der Waals surface area (Å²) >= 11 is 0. The molecule has 25 heavy (non-hydrogen) atoms. The molecule has 0 bridgehead atoms. The number of urea groups is 1. The summed E-state index contributed by atoms with van der Waals surface area (Å²) < 4.78 is 19.3. The maximum atomic E-state index is 14.1. The smallest absolute Gasteiger partial charge is 0.318 e. The first-order valence-electron chi connectivity index (χ1n) is 8.73. The van der Waals surface area contributed by atoms with Gasteiger partial charge in [0.15, 0.2) is 5.76 Å². The molecule has 134 valence electrons. The molecule has 3 rings (SSSR count). The summed E-state index contributed by atoms with van der Waals surface area (Å²) in [7, 11) is 0. The summed E-state index contributed by atoms with van der Waals surface area (Å²) in [5.74, 6) is 0.605. The summed E-state index contributed by atoms with van der Waals surface area (Å²) in [6.45, 7) is 6.20. The van der Waals surface area contributed by atoms with Crippen molar-refractivity contribution in [2.75, 3.05) is 0 Å². The van der Waals surface area contributed by atoms with Gasteiger partial charge in [-0.2, -0.15) is 0 Å². The van der Waals surface area contributed by atoms with E-state index < -0.39 is 0 Å². The van der Waals surface area contributed by atoms with Crippen molar-refractivity contribution in [3.63, 3.8) is 0 Å². The Kier molecular flexibility index (Phi) is 5.06. The van der Waals surface area contributed by atoms with Crippen LogP contribution in [0, 0.1) is 5.82 Å². The Hall–Kier alpha value is -2.37. The van der Waals surface area contributed by atoms with Crippen molar-refractivity contribution in [1.82, 2.24) is 15.4 Å². The van der Waals surface area contributed by atoms with Gasteiger partial charge in [-0.3, -0.25) is 0 Å². The zero-order valence-electron chi connectivity index (χ0n) is 14.8. The van der Waals surface area contributed by atoms with Crippen molar-refractivity contribution in [2.45, 2.75) is 58.2 Å². The second-order valence-corrected chi connectivity index (χ2v) is 6.87. The van der Waals surface area contributed by atoms with Crippen LogP contribution in [-0.4, -0.2) is 22.1 Å². The van der Waals surface area contributed by atoms with Crippen LogP contribution in [-0.2, 0) is 6.54 Å². The van der Waals surface area contributed by atoms with E-state index in [1.165, 1.54) is 6.07 Å². The monoisotopic (exact) mass is 345 g/mol. The van der Waals surface area contributed by atoms with Crippen LogP contribution >= 0.6 is 0 Å². The molecular formula is C19H24FN3O2. The third kappa shape index (κ3) is 4.00. The Morgan fingerprint density at radius 2 is 2.08 bits per heavy atom. The number of hydrogen-bond donors (Lipinski definition) is 1. The Labute approximate surface area is 147 Å². The molecule has 2 amide bonds. The molecule has 1 aliphatic carbocycles. The van der Waals surface area contributed by atoms with Gasteiger partial charge in [-0.1, -0.05) is 37.2 Å². The minimum atomic E-state index is -0.324. The first-order valence-corrected chi connectivity index (χ1v) is 8.73. The van der Waals surface area contributed by atoms with Crippen LogP contribution in [0.25, 0.3) is 0 Å². The largest absolute Gasteiger partial charge is 0.359 e. The van der Waals surface area contributed by atoms with Gasteiger partial charge < -0.3 is 14.7 Å². The highest BCUT2D eigenvalue weighted by Gasteiger charge is 2.37. The fourth-order valence-electron chi connectivity index (χ4n) is 2.91. The third-order valence-electron chi connectivity index (χ3n) is 4.53. The van der Waals surface area contributed by atoms with Gasteiger partial charge in [0, 0.05) is 17.7 Å². The highest BCUT2D eigenvalue weighted by molar-refractivity contribution is 5.75. The van der Waals surface area contributed by atoms with E-state index in [4.69, 9.17) is 4.52 Å². The fraction of sp³-hybridized carbons (Fsp3) is 0.474. The molecule has 0 spiro atoms. The van der Waals surface area contributed by atoms with Crippen LogP contribution in [0.1, 0.15) is 62.6 Å². The summed E-state index contributed by atoms with van der Waals surface area (Å²) in [4.78, 5) is 14.4. The number of hydrogen-bond acceptors (Lipinski definition) is 3. The minimum Gasteiger partial charge on any atom is -0.359 e. The Balaban J connectivity index is 1.68. The quantitative estimate of drug-likeness (QED) is 0.845. The van der Waals surface area contributed by atoms with Crippen molar-refractivity contribution in [3.05, 3.63) is 53.2 Å². The Bertz CT molecular complexity index is 740. The Morgan fingerprint density at radius 3 is 2.68 bits per heavy atom. The van der Waals surface area contributed by atoms with Gasteiger partial charge >= 0.3 is 6.03 Å². The first kappa shape index (κ1) is 17.5. The minimum absolute atomic E-state index is 0.163. The molecule has 1 aliphatic rings. The highest BCUT2D eigenvalue weighted by atomic mass is 19.1. The molecule has 1 atom stereocenters. The van der Waals surface area contributed by atoms with Gasteiger partial charge in [-0.05, 0) is 31.7 Å². The topological polar surface area (TPSA) is 58.4 Å². The molecular weight excluding hydrogens is 321 g/mol. The fourth-order valence-corrected chi connectivity index (χ4v) is 2.91. The SMILES string of the molecule is CC(C)c1cc(CNC(=O)N(C2CC2)[C@H](C)c2ccccc2F)on1. The highest BCUT2D eigenvalue weighted by Crippen LogP contribution is 2.35. The molecule has 0 unspecified atom stereocenters. The van der Waals surface area contributed by atoms with E-state index in [-0.39, 0.29) is 36.4 Å². The average molecular weight is 345 g/mol. The molecule has 1 N–H and O–H groups in total. The van der Waals surface area contributed by atoms with E-state index >= 15 is 0 Å². The van der Waals surface area contributed by atoms with E-state index in [9.17, 15) is 9.18 Å². The third-order valence-corrected chi connectivity index (χ3v) is 4.53. The molecule has 1 heterocycles. The van der Waals surface area contributed by atoms with Crippen molar-refractivity contribution < 1.29 is 13.7 Å². The van der Waals surface area contributed by atoms with Crippen molar-refractivity contribution >= 4 is 6.03 Å². The van der Waals surface area contributed by atoms with E-state index in [2.05, 4.69) is 10.5 Å². The van der Waals surface area contributed by atoms with Crippen LogP contribution in [0.15, 0.2) is 34.9 Å². The molecule has 5 nitrogen and oxygen atoms in total. The van der Waals surface area contributed by atoms with E-state index in [1.54, 1.807) is 23.1 Å². The predicted octanol–water partition coefficient (Wildman–Crippen LogP) is 4.37. The van der Waals surface area contributed by atoms with Crippen molar-refractivity contribution in [2.24, 2.45) is 0 Å². The number of nitrogens with one attached hydrogen (secondary N) is 1. The lowest BCUT2D eigenvalue weighted by atomic mass is 10.1. The normalized spacial score (nSPS) is 15.2. The number of carbonyl (C=O) groups is 1. The van der Waals surface area contributed by atoms with Crippen LogP contribution in [0.4, 0.5) is 9.18 Å². The molecule has 1 fully saturated rings. The van der Waals surface area contributed by atoms with Crippen LogP contribution in [0.5, 0.6) is 0 Å². The molecule has 1 saturated carbocycles. The Morgan fingerprint density at radius 1 is 1.36 bits per heavy atom. The van der Waals surface area contributed by atoms with Gasteiger partial charge in [-0.15, -0.1) is 0 Å². The van der Waals surface area contributed by atoms with Crippen LogP contribution in [0.2, 0.25) is 0 Å². The summed E-state index contributed by atoms with van der Waals surface area (Å²) in [5.41, 5.74) is 1.40. The molecule has 1 aromatic heterocycles. The van der Waals surface area contributed by atoms with Gasteiger partial charge in [-0.25, -0.2) is 9.18 Å². The van der Waals surface area contributed by atoms with Crippen LogP contribution < -0.4 is 5.32 Å². The van der Waals surface area contributed by atoms with Crippen molar-refractivity contribution in [3.8, 4) is 0 Å². The zero-order valence-corrected chi connectivity index (χ0v) is 14.8. The maximum absolute atomic E-state index is 14.1. The molecule has 2 aromatic rings. The number of rotatable bonds is 6. The number of amides is 2. The van der Waals surface area contributed by atoms with Gasteiger partial charge in [0.05, 0.1) is 18.3 Å². The second kappa shape index (κ2) is 7.25. The number of aromatic nitrogens is 1. The summed E-state index contributed by atoms with van der Waals surface area (Å²) in [5, 5.41) is 6.86. The lowest BCUT2D eigenvalue weighted by Gasteiger charge is -2.30. The van der Waals surface area contributed by atoms with E-state index in [0.29, 0.717) is 11.3 Å². The summed E-state index contributed by atoms with van der Waals surface area (Å²) in [6.07, 6.45) is 1.90. The maximum Gasteiger partial charge on any atom is 0.318 e. The van der Waals surface area contributed by atoms with Gasteiger partial charge in [0.1, 0.15) is 5.82 Å². The first-order chi connectivity index (χ1) is 12.0. The number of benzene rings is 1. The second-order valence-electron chi connectivity index (χ2n) is 6.87. The lowest BCUT2D eigenvalue weighted by Crippen LogP contribution is -2.42. The predicted molar refractivity (Wildman–Crippen MR) is 92.5 cm³/mol. The van der Waals surface area contributed by atoms with Gasteiger partial charge in [0.25, 0.3) is 0 Å². The van der Waals surface area contributed by atoms with Crippen molar-refractivity contribution in [1.29, 1.82) is 0 Å². The number of nitrogens with zero attached hydrogens (tertiary/aromatic N) is 2. The number of carbonyl (C=O) groups excluding carboxylic acids is 1. The van der Waals surface area contributed by atoms with Crippen LogP contribution in [0.3, 0.4) is 0 Å². The summed E-state index contributed by atoms with van der Waals surface area (Å²) in [6, 6.07) is 8.09. The standard InChI is InChI=1S/C19H24FN3O2/c1-12(2)18-10-15(25-22-18)11-21-19(24)23(14-8-9-14)13(3)16-6-4-5-7-17(16)20/h4-7,10,12-14H,8-9,11H2,1-3H3,(H,21,24)/t13-/m1/s1. The zero-order chi connectivity index (χ0) is 18.0. The lowest BCUT2D eigenvalue weighted by molar-refractivity contribution is 0.172. The average Bonchev–Trinajstić information content (AvgIpc) is 3.29. The van der Waals surface area contributed by atoms with E-state index in [1.807, 2.05) is 26.8 Å². The molecule has 0 aliphatic heterocycles. The van der Waals surface area contributed by atoms with E-state index in [0.717, 1.165) is 18.5 Å². The molecule has 6 heteroatoms. The molecule has 0 saturated heterocycles.